The van der Waals surface area contributed by atoms with Gasteiger partial charge < -0.3 is 4.90 Å². The number of rotatable bonds is 8. The minimum absolute atomic E-state index is 0.191. The van der Waals surface area contributed by atoms with Crippen LogP contribution < -0.4 is 0 Å². The van der Waals surface area contributed by atoms with Gasteiger partial charge in [0.2, 0.25) is 5.91 Å². The minimum Gasteiger partial charge on any atom is -0.337 e. The largest absolute Gasteiger partial charge is 0.337 e. The summed E-state index contributed by atoms with van der Waals surface area (Å²) in [5, 5.41) is 2.08. The van der Waals surface area contributed by atoms with Crippen LogP contribution >= 0.6 is 22.9 Å². The van der Waals surface area contributed by atoms with Crippen molar-refractivity contribution in [2.24, 2.45) is 0 Å². The number of nitrogens with zero attached hydrogens (tertiary/aromatic N) is 1. The van der Waals surface area contributed by atoms with Crippen molar-refractivity contribution in [3.8, 4) is 0 Å². The molecule has 4 heteroatoms. The number of aryl methyl sites for hydroxylation is 1. The van der Waals surface area contributed by atoms with Crippen molar-refractivity contribution in [1.29, 1.82) is 0 Å². The Hall–Kier alpha value is -1.32. The third-order valence-corrected chi connectivity index (χ3v) is 4.42. The molecule has 21 heavy (non-hydrogen) atoms. The Morgan fingerprint density at radius 3 is 2.62 bits per heavy atom. The Kier molecular flexibility index (Phi) is 6.77. The zero-order valence-corrected chi connectivity index (χ0v) is 13.6. The lowest BCUT2D eigenvalue weighted by Gasteiger charge is -2.22. The maximum absolute atomic E-state index is 12.3. The average Bonchev–Trinajstić information content (AvgIpc) is 3.01. The van der Waals surface area contributed by atoms with Gasteiger partial charge in [-0.25, -0.2) is 0 Å². The molecule has 0 fully saturated rings. The molecule has 112 valence electrons. The number of benzene rings is 1. The van der Waals surface area contributed by atoms with E-state index in [4.69, 9.17) is 11.6 Å². The van der Waals surface area contributed by atoms with E-state index in [1.807, 2.05) is 35.2 Å². The molecular weight excluding hydrogens is 302 g/mol. The van der Waals surface area contributed by atoms with Crippen LogP contribution in [-0.4, -0.2) is 23.2 Å². The van der Waals surface area contributed by atoms with Crippen LogP contribution in [0.2, 0.25) is 0 Å². The van der Waals surface area contributed by atoms with E-state index in [9.17, 15) is 4.79 Å². The van der Waals surface area contributed by atoms with Crippen LogP contribution in [0.25, 0.3) is 0 Å². The lowest BCUT2D eigenvalue weighted by Crippen LogP contribution is -2.32. The third kappa shape index (κ3) is 5.52. The molecule has 0 unspecified atom stereocenters. The third-order valence-electron chi connectivity index (χ3n) is 3.32. The summed E-state index contributed by atoms with van der Waals surface area (Å²) in [4.78, 5) is 15.5. The second kappa shape index (κ2) is 8.85. The van der Waals surface area contributed by atoms with Crippen LogP contribution in [0, 0.1) is 0 Å². The highest BCUT2D eigenvalue weighted by molar-refractivity contribution is 7.09. The van der Waals surface area contributed by atoms with Crippen LogP contribution in [0.4, 0.5) is 0 Å². The fourth-order valence-electron chi connectivity index (χ4n) is 2.22. The summed E-state index contributed by atoms with van der Waals surface area (Å²) < 4.78 is 0. The predicted octanol–water partition coefficient (Wildman–Crippen LogP) is 4.34. The molecule has 0 aliphatic rings. The second-order valence-electron chi connectivity index (χ2n) is 4.92. The van der Waals surface area contributed by atoms with Gasteiger partial charge in [0.25, 0.3) is 0 Å². The molecule has 0 saturated carbocycles. The smallest absolute Gasteiger partial charge is 0.222 e. The summed E-state index contributed by atoms with van der Waals surface area (Å²) >= 11 is 7.58. The maximum Gasteiger partial charge on any atom is 0.222 e. The van der Waals surface area contributed by atoms with Crippen LogP contribution in [-0.2, 0) is 17.8 Å². The number of hydrogen-bond donors (Lipinski definition) is 0. The molecule has 0 spiro atoms. The van der Waals surface area contributed by atoms with Crippen molar-refractivity contribution < 1.29 is 4.79 Å². The molecule has 0 saturated heterocycles. The fraction of sp³-hybridized carbons (Fsp3) is 0.353. The van der Waals surface area contributed by atoms with Crippen molar-refractivity contribution in [2.45, 2.75) is 25.8 Å². The van der Waals surface area contributed by atoms with Gasteiger partial charge in [0.05, 0.1) is 0 Å². The summed E-state index contributed by atoms with van der Waals surface area (Å²) in [6, 6.07) is 14.2. The molecule has 0 aliphatic heterocycles. The van der Waals surface area contributed by atoms with E-state index in [-0.39, 0.29) is 5.91 Å². The second-order valence-corrected chi connectivity index (χ2v) is 6.33. The Morgan fingerprint density at radius 2 is 1.95 bits per heavy atom. The summed E-state index contributed by atoms with van der Waals surface area (Å²) in [5.74, 6) is 0.666. The molecule has 1 aromatic carbocycles. The molecule has 0 atom stereocenters. The van der Waals surface area contributed by atoms with Gasteiger partial charge in [-0.3, -0.25) is 4.79 Å². The van der Waals surface area contributed by atoms with E-state index in [1.165, 1.54) is 4.88 Å². The van der Waals surface area contributed by atoms with Gasteiger partial charge in [-0.15, -0.1) is 22.9 Å². The van der Waals surface area contributed by atoms with Crippen LogP contribution in [0.5, 0.6) is 0 Å². The van der Waals surface area contributed by atoms with Crippen molar-refractivity contribution in [3.05, 3.63) is 58.3 Å². The minimum atomic E-state index is 0.191. The van der Waals surface area contributed by atoms with E-state index < -0.39 is 0 Å². The number of alkyl halides is 1. The first kappa shape index (κ1) is 16.1. The van der Waals surface area contributed by atoms with Crippen molar-refractivity contribution in [2.75, 3.05) is 12.4 Å². The molecule has 0 radical (unpaired) electrons. The standard InChI is InChI=1S/C17H20ClNOS/c18-11-12-19(14-15-6-2-1-3-7-15)17(20)10-4-8-16-9-5-13-21-16/h1-3,5-7,9,13H,4,8,10-12,14H2. The molecule has 0 bridgehead atoms. The van der Waals surface area contributed by atoms with E-state index in [1.54, 1.807) is 11.3 Å². The highest BCUT2D eigenvalue weighted by Gasteiger charge is 2.13. The Balaban J connectivity index is 1.83. The van der Waals surface area contributed by atoms with Crippen molar-refractivity contribution in [3.63, 3.8) is 0 Å². The predicted molar refractivity (Wildman–Crippen MR) is 89.8 cm³/mol. The Labute approximate surface area is 135 Å². The molecule has 2 aromatic rings. The molecule has 1 amide bonds. The number of carbonyl (C=O) groups is 1. The monoisotopic (exact) mass is 321 g/mol. The SMILES string of the molecule is O=C(CCCc1cccs1)N(CCCl)Cc1ccccc1. The highest BCUT2D eigenvalue weighted by Crippen LogP contribution is 2.13. The zero-order valence-electron chi connectivity index (χ0n) is 12.0. The number of carbonyl (C=O) groups excluding carboxylic acids is 1. The number of halogens is 1. The van der Waals surface area contributed by atoms with Crippen LogP contribution in [0.3, 0.4) is 0 Å². The normalized spacial score (nSPS) is 10.5. The number of thiophene rings is 1. The molecule has 0 aliphatic carbocycles. The number of amides is 1. The molecule has 2 rings (SSSR count). The van der Waals surface area contributed by atoms with E-state index in [0.29, 0.717) is 25.4 Å². The first-order valence-corrected chi connectivity index (χ1v) is 8.61. The first-order valence-electron chi connectivity index (χ1n) is 7.19. The summed E-state index contributed by atoms with van der Waals surface area (Å²) in [6.45, 7) is 1.25. The van der Waals surface area contributed by atoms with Gasteiger partial charge >= 0.3 is 0 Å². The van der Waals surface area contributed by atoms with Crippen LogP contribution in [0.1, 0.15) is 23.3 Å². The number of hydrogen-bond acceptors (Lipinski definition) is 2. The van der Waals surface area contributed by atoms with Gasteiger partial charge in [0.15, 0.2) is 0 Å². The molecule has 1 aromatic heterocycles. The van der Waals surface area contributed by atoms with Crippen molar-refractivity contribution >= 4 is 28.8 Å². The quantitative estimate of drug-likeness (QED) is 0.662. The summed E-state index contributed by atoms with van der Waals surface area (Å²) in [7, 11) is 0. The summed E-state index contributed by atoms with van der Waals surface area (Å²) in [5.41, 5.74) is 1.15. The highest BCUT2D eigenvalue weighted by atomic mass is 35.5. The first-order chi connectivity index (χ1) is 10.3. The Bertz CT molecular complexity index is 527. The topological polar surface area (TPSA) is 20.3 Å². The lowest BCUT2D eigenvalue weighted by atomic mass is 10.1. The summed E-state index contributed by atoms with van der Waals surface area (Å²) in [6.07, 6.45) is 2.46. The molecule has 1 heterocycles. The average molecular weight is 322 g/mol. The molecule has 0 N–H and O–H groups in total. The molecular formula is C17H20ClNOS. The van der Waals surface area contributed by atoms with E-state index >= 15 is 0 Å². The van der Waals surface area contributed by atoms with Crippen molar-refractivity contribution in [1.82, 2.24) is 4.90 Å². The fourth-order valence-corrected chi connectivity index (χ4v) is 3.18. The van der Waals surface area contributed by atoms with Gasteiger partial charge in [-0.1, -0.05) is 36.4 Å². The molecule has 2 nitrogen and oxygen atoms in total. The lowest BCUT2D eigenvalue weighted by molar-refractivity contribution is -0.131. The van der Waals surface area contributed by atoms with Gasteiger partial charge in [0.1, 0.15) is 0 Å². The zero-order chi connectivity index (χ0) is 14.9. The Morgan fingerprint density at radius 1 is 1.14 bits per heavy atom. The van der Waals surface area contributed by atoms with Gasteiger partial charge in [-0.2, -0.15) is 0 Å². The van der Waals surface area contributed by atoms with E-state index in [0.717, 1.165) is 18.4 Å². The van der Waals surface area contributed by atoms with Gasteiger partial charge in [-0.05, 0) is 29.9 Å². The maximum atomic E-state index is 12.3. The van der Waals surface area contributed by atoms with E-state index in [2.05, 4.69) is 17.5 Å². The van der Waals surface area contributed by atoms with Crippen LogP contribution in [0.15, 0.2) is 47.8 Å². The van der Waals surface area contributed by atoms with Gasteiger partial charge in [0, 0.05) is 30.3 Å².